The van der Waals surface area contributed by atoms with E-state index in [4.69, 9.17) is 27.9 Å². The fourth-order valence-corrected chi connectivity index (χ4v) is 3.87. The number of rotatable bonds is 5. The van der Waals surface area contributed by atoms with E-state index < -0.39 is 28.6 Å². The Balaban J connectivity index is 1.44. The van der Waals surface area contributed by atoms with E-state index in [2.05, 4.69) is 20.7 Å². The topological polar surface area (TPSA) is 80.5 Å². The standard InChI is InChI=1S/C23H17Cl2F4N5O2/c1-34-11-12(10-31-34)21-20(25)19(6-7-30-21)36-14-3-5-18(17(26)9-14)33-22(35)32-13-2-4-16(24)15(8-13)23(27,28)29/h2-5,8-11H,6-7H2,1H3,(H2,32,33,35). The van der Waals surface area contributed by atoms with E-state index in [0.717, 1.165) is 12.1 Å². The Hall–Kier alpha value is -3.57. The molecule has 0 spiro atoms. The SMILES string of the molecule is Cn1cc(C2=NCCC(Oc3ccc(NC(=O)Nc4ccc(Cl)c(C(F)(F)F)c4)c(F)c3)=C2Cl)cn1. The van der Waals surface area contributed by atoms with Crippen molar-refractivity contribution in [3.63, 3.8) is 0 Å². The van der Waals surface area contributed by atoms with Crippen LogP contribution in [0.3, 0.4) is 0 Å². The molecule has 2 N–H and O–H groups in total. The Morgan fingerprint density at radius 1 is 1.14 bits per heavy atom. The van der Waals surface area contributed by atoms with Crippen LogP contribution in [-0.2, 0) is 13.2 Å². The summed E-state index contributed by atoms with van der Waals surface area (Å²) in [4.78, 5) is 16.6. The highest BCUT2D eigenvalue weighted by Crippen LogP contribution is 2.36. The number of nitrogens with zero attached hydrogens (tertiary/aromatic N) is 3. The first-order valence-corrected chi connectivity index (χ1v) is 11.1. The number of anilines is 2. The third kappa shape index (κ3) is 5.80. The molecule has 0 unspecified atom stereocenters. The number of dihydropyridines is 1. The smallest absolute Gasteiger partial charge is 0.417 e. The summed E-state index contributed by atoms with van der Waals surface area (Å²) in [7, 11) is 1.76. The van der Waals surface area contributed by atoms with Gasteiger partial charge in [-0.05, 0) is 30.3 Å². The van der Waals surface area contributed by atoms with E-state index in [9.17, 15) is 22.4 Å². The fraction of sp³-hybridized carbons (Fsp3) is 0.174. The molecule has 0 radical (unpaired) electrons. The maximum Gasteiger partial charge on any atom is 0.417 e. The van der Waals surface area contributed by atoms with Gasteiger partial charge >= 0.3 is 12.2 Å². The van der Waals surface area contributed by atoms with Crippen LogP contribution >= 0.6 is 23.2 Å². The second-order valence-corrected chi connectivity index (χ2v) is 8.42. The van der Waals surface area contributed by atoms with Gasteiger partial charge in [-0.3, -0.25) is 9.67 Å². The summed E-state index contributed by atoms with van der Waals surface area (Å²) in [5, 5.41) is 8.31. The van der Waals surface area contributed by atoms with Crippen LogP contribution in [0.4, 0.5) is 33.7 Å². The lowest BCUT2D eigenvalue weighted by Gasteiger charge is -2.17. The predicted octanol–water partition coefficient (Wildman–Crippen LogP) is 6.60. The van der Waals surface area contributed by atoms with E-state index in [1.54, 1.807) is 24.1 Å². The monoisotopic (exact) mass is 541 g/mol. The lowest BCUT2D eigenvalue weighted by molar-refractivity contribution is -0.137. The molecule has 0 fully saturated rings. The van der Waals surface area contributed by atoms with E-state index in [1.807, 2.05) is 0 Å². The van der Waals surface area contributed by atoms with Gasteiger partial charge in [0.2, 0.25) is 0 Å². The molecule has 0 aliphatic carbocycles. The number of carbonyl (C=O) groups excluding carboxylic acids is 1. The first-order valence-electron chi connectivity index (χ1n) is 10.4. The number of hydrogen-bond donors (Lipinski definition) is 2. The zero-order valence-electron chi connectivity index (χ0n) is 18.5. The highest BCUT2D eigenvalue weighted by molar-refractivity contribution is 6.46. The third-order valence-corrected chi connectivity index (χ3v) is 5.72. The number of ether oxygens (including phenoxy) is 1. The van der Waals surface area contributed by atoms with Gasteiger partial charge in [0.25, 0.3) is 0 Å². The average molecular weight is 542 g/mol. The highest BCUT2D eigenvalue weighted by Gasteiger charge is 2.33. The molecule has 0 saturated carbocycles. The molecule has 4 rings (SSSR count). The maximum atomic E-state index is 14.6. The molecule has 7 nitrogen and oxygen atoms in total. The summed E-state index contributed by atoms with van der Waals surface area (Å²) in [5.74, 6) is -0.304. The molecule has 0 atom stereocenters. The molecule has 13 heteroatoms. The Kier molecular flexibility index (Phi) is 7.23. The van der Waals surface area contributed by atoms with Crippen molar-refractivity contribution in [3.8, 4) is 5.75 Å². The molecular weight excluding hydrogens is 525 g/mol. The second-order valence-electron chi connectivity index (χ2n) is 7.64. The van der Waals surface area contributed by atoms with Gasteiger partial charge in [-0.2, -0.15) is 18.3 Å². The average Bonchev–Trinajstić information content (AvgIpc) is 3.23. The largest absolute Gasteiger partial charge is 0.460 e. The van der Waals surface area contributed by atoms with E-state index in [1.165, 1.54) is 18.2 Å². The molecule has 188 valence electrons. The Bertz CT molecular complexity index is 1390. The number of allylic oxidation sites excluding steroid dienone is 1. The third-order valence-electron chi connectivity index (χ3n) is 5.00. The van der Waals surface area contributed by atoms with Crippen molar-refractivity contribution in [1.29, 1.82) is 0 Å². The van der Waals surface area contributed by atoms with Crippen LogP contribution < -0.4 is 15.4 Å². The number of alkyl halides is 3. The van der Waals surface area contributed by atoms with Gasteiger partial charge in [0.1, 0.15) is 22.4 Å². The minimum Gasteiger partial charge on any atom is -0.460 e. The Morgan fingerprint density at radius 3 is 2.58 bits per heavy atom. The van der Waals surface area contributed by atoms with Crippen molar-refractivity contribution >= 4 is 46.3 Å². The minimum absolute atomic E-state index is 0.131. The van der Waals surface area contributed by atoms with Crippen LogP contribution in [0, 0.1) is 5.82 Å². The van der Waals surface area contributed by atoms with Gasteiger partial charge in [-0.25, -0.2) is 9.18 Å². The summed E-state index contributed by atoms with van der Waals surface area (Å²) in [6.07, 6.45) is -0.936. The van der Waals surface area contributed by atoms with Crippen LogP contribution in [-0.4, -0.2) is 28.1 Å². The lowest BCUT2D eigenvalue weighted by atomic mass is 10.1. The molecule has 2 heterocycles. The van der Waals surface area contributed by atoms with Crippen molar-refractivity contribution in [2.45, 2.75) is 12.6 Å². The summed E-state index contributed by atoms with van der Waals surface area (Å²) >= 11 is 12.0. The highest BCUT2D eigenvalue weighted by atomic mass is 35.5. The van der Waals surface area contributed by atoms with Crippen LogP contribution in [0.1, 0.15) is 17.5 Å². The number of aromatic nitrogens is 2. The molecule has 2 aromatic carbocycles. The maximum absolute atomic E-state index is 14.6. The number of nitrogens with one attached hydrogen (secondary N) is 2. The molecule has 1 aliphatic heterocycles. The van der Waals surface area contributed by atoms with Gasteiger partial charge < -0.3 is 15.4 Å². The number of halogens is 6. The summed E-state index contributed by atoms with van der Waals surface area (Å²) in [5.41, 5.74) is -0.275. The first-order chi connectivity index (χ1) is 17.0. The second kappa shape index (κ2) is 10.2. The van der Waals surface area contributed by atoms with Crippen LogP contribution in [0.5, 0.6) is 5.75 Å². The van der Waals surface area contributed by atoms with Crippen molar-refractivity contribution in [2.24, 2.45) is 12.0 Å². The zero-order chi connectivity index (χ0) is 26.0. The molecule has 0 saturated heterocycles. The fourth-order valence-electron chi connectivity index (χ4n) is 3.35. The number of hydrogen-bond acceptors (Lipinski definition) is 4. The van der Waals surface area contributed by atoms with E-state index in [-0.39, 0.29) is 22.2 Å². The molecule has 36 heavy (non-hydrogen) atoms. The van der Waals surface area contributed by atoms with Gasteiger partial charge in [0.15, 0.2) is 0 Å². The molecule has 1 aliphatic rings. The quantitative estimate of drug-likeness (QED) is 0.357. The Labute approximate surface area is 212 Å². The molecule has 1 aromatic heterocycles. The van der Waals surface area contributed by atoms with Crippen molar-refractivity contribution in [1.82, 2.24) is 9.78 Å². The van der Waals surface area contributed by atoms with Crippen LogP contribution in [0.2, 0.25) is 5.02 Å². The first kappa shape index (κ1) is 25.5. The number of aryl methyl sites for hydroxylation is 1. The number of carbonyl (C=O) groups is 1. The minimum atomic E-state index is -4.70. The summed E-state index contributed by atoms with van der Waals surface area (Å²) < 4.78 is 61.1. The molecule has 0 bridgehead atoms. The summed E-state index contributed by atoms with van der Waals surface area (Å²) in [6, 6.07) is 5.63. The van der Waals surface area contributed by atoms with Gasteiger partial charge in [0, 0.05) is 43.5 Å². The normalized spacial score (nSPS) is 13.9. The van der Waals surface area contributed by atoms with E-state index in [0.29, 0.717) is 36.1 Å². The van der Waals surface area contributed by atoms with Gasteiger partial charge in [-0.1, -0.05) is 23.2 Å². The van der Waals surface area contributed by atoms with Crippen molar-refractivity contribution in [2.75, 3.05) is 17.2 Å². The van der Waals surface area contributed by atoms with Gasteiger partial charge in [0.05, 0.1) is 28.2 Å². The number of amides is 2. The van der Waals surface area contributed by atoms with Gasteiger partial charge in [-0.15, -0.1) is 0 Å². The molecule has 3 aromatic rings. The van der Waals surface area contributed by atoms with Crippen LogP contribution in [0.25, 0.3) is 0 Å². The number of aliphatic imine (C=N–C) groups is 1. The lowest BCUT2D eigenvalue weighted by Crippen LogP contribution is -2.20. The number of urea groups is 1. The molecule has 2 amide bonds. The summed E-state index contributed by atoms with van der Waals surface area (Å²) in [6.45, 7) is 0.416. The zero-order valence-corrected chi connectivity index (χ0v) is 20.0. The van der Waals surface area contributed by atoms with E-state index >= 15 is 0 Å². The Morgan fingerprint density at radius 2 is 1.92 bits per heavy atom. The number of benzene rings is 2. The predicted molar refractivity (Wildman–Crippen MR) is 128 cm³/mol. The van der Waals surface area contributed by atoms with Crippen molar-refractivity contribution in [3.05, 3.63) is 81.6 Å². The van der Waals surface area contributed by atoms with Crippen LogP contribution in [0.15, 0.2) is 64.6 Å². The van der Waals surface area contributed by atoms with Crippen molar-refractivity contribution < 1.29 is 27.1 Å². The molecular formula is C23H17Cl2F4N5O2.